The van der Waals surface area contributed by atoms with Gasteiger partial charge in [0, 0.05) is 25.8 Å². The fraction of sp³-hybridized carbons (Fsp3) is 0.842. The number of allylic oxidation sites excluding steroid dienone is 4. The van der Waals surface area contributed by atoms with Crippen molar-refractivity contribution in [2.75, 3.05) is 6.54 Å². The molecular weight excluding hydrogens is 516 g/mol. The molecule has 0 atom stereocenters. The molecule has 0 bridgehead atoms. The molecule has 2 N–H and O–H groups in total. The molecule has 4 heteroatoms. The number of carbonyl (C=O) groups is 2. The third-order valence-corrected chi connectivity index (χ3v) is 8.38. The first kappa shape index (κ1) is 40.6. The van der Waals surface area contributed by atoms with E-state index in [2.05, 4.69) is 31.2 Å². The van der Waals surface area contributed by atoms with Gasteiger partial charge in [0.15, 0.2) is 0 Å². The Labute approximate surface area is 262 Å². The van der Waals surface area contributed by atoms with E-state index in [1.165, 1.54) is 146 Å². The van der Waals surface area contributed by atoms with Gasteiger partial charge in [-0.15, -0.1) is 0 Å². The van der Waals surface area contributed by atoms with Crippen molar-refractivity contribution in [1.82, 2.24) is 5.01 Å². The molecule has 1 amide bonds. The average molecular weight is 589 g/mol. The number of hydrazine groups is 1. The topological polar surface area (TPSA) is 63.4 Å². The number of hydrogen-bond acceptors (Lipinski definition) is 3. The summed E-state index contributed by atoms with van der Waals surface area (Å²) in [6, 6.07) is 0. The van der Waals surface area contributed by atoms with Crippen LogP contribution in [0, 0.1) is 0 Å². The molecule has 0 aromatic rings. The number of amides is 1. The van der Waals surface area contributed by atoms with Gasteiger partial charge in [0.05, 0.1) is 0 Å². The maximum Gasteiger partial charge on any atom is 0.236 e. The van der Waals surface area contributed by atoms with Gasteiger partial charge in [-0.05, 0) is 77.6 Å². The highest BCUT2D eigenvalue weighted by Gasteiger charge is 2.06. The summed E-state index contributed by atoms with van der Waals surface area (Å²) in [6.45, 7) is 4.77. The third-order valence-electron chi connectivity index (χ3n) is 8.38. The van der Waals surface area contributed by atoms with Gasteiger partial charge in [-0.2, -0.15) is 0 Å². The van der Waals surface area contributed by atoms with E-state index in [0.717, 1.165) is 38.5 Å². The van der Waals surface area contributed by atoms with Crippen LogP contribution in [0.3, 0.4) is 0 Å². The van der Waals surface area contributed by atoms with Gasteiger partial charge in [-0.25, -0.2) is 5.84 Å². The molecule has 0 saturated heterocycles. The summed E-state index contributed by atoms with van der Waals surface area (Å²) in [5.74, 6) is 6.16. The van der Waals surface area contributed by atoms with Crippen LogP contribution in [-0.2, 0) is 9.59 Å². The molecule has 0 aliphatic heterocycles. The van der Waals surface area contributed by atoms with E-state index in [0.29, 0.717) is 18.7 Å². The molecule has 0 aromatic heterocycles. The molecule has 0 aromatic carbocycles. The minimum absolute atomic E-state index is 0.0647. The van der Waals surface area contributed by atoms with Crippen LogP contribution < -0.4 is 5.84 Å². The summed E-state index contributed by atoms with van der Waals surface area (Å²) in [4.78, 5) is 23.8. The minimum atomic E-state index is 0.0647. The molecule has 246 valence electrons. The Morgan fingerprint density at radius 1 is 0.452 bits per heavy atom. The number of unbranched alkanes of at least 4 members (excludes halogenated alkanes) is 22. The summed E-state index contributed by atoms with van der Waals surface area (Å²) in [7, 11) is 0. The largest absolute Gasteiger partial charge is 0.300 e. The number of Topliss-reactive ketones (excluding diaryl/α,β-unsaturated/α-hetero) is 1. The average Bonchev–Trinajstić information content (AvgIpc) is 3.00. The predicted molar refractivity (Wildman–Crippen MR) is 184 cm³/mol. The standard InChI is InChI=1S/C38H72N2O2/c1-3-5-6-7-8-9-10-11-13-16-19-22-25-28-31-34-37(41)35-32-29-26-23-20-17-14-12-15-18-21-24-27-30-33-36-38(42)40(39)4-2/h11-13,15H,3-10,14,16-36,39H2,1-2H3/b13-11-,15-12-. The zero-order chi connectivity index (χ0) is 30.8. The van der Waals surface area contributed by atoms with Gasteiger partial charge in [0.2, 0.25) is 5.91 Å². The summed E-state index contributed by atoms with van der Waals surface area (Å²) in [5, 5.41) is 1.31. The Morgan fingerprint density at radius 2 is 0.762 bits per heavy atom. The van der Waals surface area contributed by atoms with Crippen LogP contribution in [-0.4, -0.2) is 23.2 Å². The van der Waals surface area contributed by atoms with Crippen LogP contribution in [0.1, 0.15) is 200 Å². The second kappa shape index (κ2) is 34.1. The highest BCUT2D eigenvalue weighted by atomic mass is 16.2. The number of nitrogens with zero attached hydrogens (tertiary/aromatic N) is 1. The zero-order valence-corrected chi connectivity index (χ0v) is 28.4. The lowest BCUT2D eigenvalue weighted by Gasteiger charge is -2.13. The molecule has 0 aliphatic carbocycles. The normalized spacial score (nSPS) is 11.7. The second-order valence-electron chi connectivity index (χ2n) is 12.5. The van der Waals surface area contributed by atoms with E-state index >= 15 is 0 Å². The Morgan fingerprint density at radius 3 is 1.12 bits per heavy atom. The summed E-state index contributed by atoms with van der Waals surface area (Å²) in [6.07, 6.45) is 44.3. The lowest BCUT2D eigenvalue weighted by Crippen LogP contribution is -2.36. The number of carbonyl (C=O) groups excluding carboxylic acids is 2. The Bertz CT molecular complexity index is 643. The van der Waals surface area contributed by atoms with Crippen molar-refractivity contribution in [3.05, 3.63) is 24.3 Å². The van der Waals surface area contributed by atoms with Gasteiger partial charge in [0.25, 0.3) is 0 Å². The van der Waals surface area contributed by atoms with E-state index in [1.54, 1.807) is 0 Å². The second-order valence-corrected chi connectivity index (χ2v) is 12.5. The molecule has 4 nitrogen and oxygen atoms in total. The molecule has 0 unspecified atom stereocenters. The maximum absolute atomic E-state index is 12.1. The molecule has 0 saturated carbocycles. The molecule has 0 radical (unpaired) electrons. The Kier molecular flexibility index (Phi) is 32.9. The fourth-order valence-electron chi connectivity index (χ4n) is 5.43. The molecule has 42 heavy (non-hydrogen) atoms. The monoisotopic (exact) mass is 589 g/mol. The minimum Gasteiger partial charge on any atom is -0.300 e. The van der Waals surface area contributed by atoms with Crippen LogP contribution >= 0.6 is 0 Å². The number of nitrogens with two attached hydrogens (primary N) is 1. The summed E-state index contributed by atoms with van der Waals surface area (Å²) >= 11 is 0. The predicted octanol–water partition coefficient (Wildman–Crippen LogP) is 11.7. The van der Waals surface area contributed by atoms with Crippen molar-refractivity contribution in [3.8, 4) is 0 Å². The first-order valence-electron chi connectivity index (χ1n) is 18.5. The lowest BCUT2D eigenvalue weighted by molar-refractivity contribution is -0.131. The van der Waals surface area contributed by atoms with Crippen molar-refractivity contribution >= 4 is 11.7 Å². The lowest BCUT2D eigenvalue weighted by atomic mass is 10.0. The van der Waals surface area contributed by atoms with Crippen LogP contribution in [0.5, 0.6) is 0 Å². The highest BCUT2D eigenvalue weighted by Crippen LogP contribution is 2.14. The number of ketones is 1. The Balaban J connectivity index is 3.29. The van der Waals surface area contributed by atoms with E-state index in [4.69, 9.17) is 5.84 Å². The van der Waals surface area contributed by atoms with E-state index in [9.17, 15) is 9.59 Å². The SMILES string of the molecule is CCCCCCCC/C=C\CCCCCCCC(=O)CCCCCCCC/C=C\CCCCCCCC(=O)N(N)CC. The molecule has 0 heterocycles. The van der Waals surface area contributed by atoms with Crippen LogP contribution in [0.25, 0.3) is 0 Å². The van der Waals surface area contributed by atoms with E-state index in [1.807, 2.05) is 6.92 Å². The first-order valence-corrected chi connectivity index (χ1v) is 18.5. The van der Waals surface area contributed by atoms with E-state index in [-0.39, 0.29) is 5.91 Å². The van der Waals surface area contributed by atoms with Crippen molar-refractivity contribution in [2.24, 2.45) is 5.84 Å². The molecule has 0 rings (SSSR count). The number of hydrogen-bond donors (Lipinski definition) is 1. The van der Waals surface area contributed by atoms with Crippen LogP contribution in [0.15, 0.2) is 24.3 Å². The molecular formula is C38H72N2O2. The molecule has 0 aliphatic rings. The van der Waals surface area contributed by atoms with Crippen molar-refractivity contribution in [3.63, 3.8) is 0 Å². The number of rotatable bonds is 33. The highest BCUT2D eigenvalue weighted by molar-refractivity contribution is 5.78. The van der Waals surface area contributed by atoms with Gasteiger partial charge < -0.3 is 0 Å². The van der Waals surface area contributed by atoms with Gasteiger partial charge in [0.1, 0.15) is 5.78 Å². The van der Waals surface area contributed by atoms with Gasteiger partial charge in [-0.1, -0.05) is 128 Å². The fourth-order valence-corrected chi connectivity index (χ4v) is 5.43. The van der Waals surface area contributed by atoms with Crippen molar-refractivity contribution in [2.45, 2.75) is 200 Å². The van der Waals surface area contributed by atoms with Crippen molar-refractivity contribution in [1.29, 1.82) is 0 Å². The first-order chi connectivity index (χ1) is 20.6. The third kappa shape index (κ3) is 31.5. The Hall–Kier alpha value is -1.42. The maximum atomic E-state index is 12.1. The quantitative estimate of drug-likeness (QED) is 0.0273. The molecule has 0 fully saturated rings. The summed E-state index contributed by atoms with van der Waals surface area (Å²) in [5.41, 5.74) is 0. The van der Waals surface area contributed by atoms with Crippen LogP contribution in [0.2, 0.25) is 0 Å². The molecule has 0 spiro atoms. The summed E-state index contributed by atoms with van der Waals surface area (Å²) < 4.78 is 0. The smallest absolute Gasteiger partial charge is 0.236 e. The van der Waals surface area contributed by atoms with Crippen molar-refractivity contribution < 1.29 is 9.59 Å². The van der Waals surface area contributed by atoms with Crippen LogP contribution in [0.4, 0.5) is 0 Å². The van der Waals surface area contributed by atoms with Gasteiger partial charge in [-0.3, -0.25) is 14.6 Å². The van der Waals surface area contributed by atoms with Gasteiger partial charge >= 0.3 is 0 Å². The zero-order valence-electron chi connectivity index (χ0n) is 28.4. The van der Waals surface area contributed by atoms with E-state index < -0.39 is 0 Å².